The van der Waals surface area contributed by atoms with Crippen LogP contribution in [-0.4, -0.2) is 33.5 Å². The van der Waals surface area contributed by atoms with Crippen LogP contribution in [0, 0.1) is 24.2 Å². The average molecular weight is 371 g/mol. The number of nitriles is 1. The third kappa shape index (κ3) is 2.42. The monoisotopic (exact) mass is 371 g/mol. The molecule has 3 aromatic heterocycles. The van der Waals surface area contributed by atoms with Gasteiger partial charge in [0.05, 0.1) is 35.0 Å². The summed E-state index contributed by atoms with van der Waals surface area (Å²) in [5.74, 6) is -0.121. The Balaban J connectivity index is 1.54. The molecule has 4 aromatic rings. The van der Waals surface area contributed by atoms with E-state index in [2.05, 4.69) is 16.5 Å². The summed E-state index contributed by atoms with van der Waals surface area (Å²) in [5.41, 5.74) is 4.91. The molecule has 0 aliphatic carbocycles. The van der Waals surface area contributed by atoms with Crippen LogP contribution < -0.4 is 5.32 Å². The largest absolute Gasteiger partial charge is 0.464 e. The molecule has 5 rings (SSSR count). The molecule has 1 N–H and O–H groups in total. The Labute approximate surface area is 160 Å². The van der Waals surface area contributed by atoms with E-state index in [1.165, 1.54) is 0 Å². The highest BCUT2D eigenvalue weighted by Crippen LogP contribution is 2.32. The van der Waals surface area contributed by atoms with Crippen LogP contribution >= 0.6 is 0 Å². The maximum atomic E-state index is 12.8. The third-order valence-electron chi connectivity index (χ3n) is 5.27. The van der Waals surface area contributed by atoms with Crippen molar-refractivity contribution in [3.63, 3.8) is 0 Å². The second-order valence-electron chi connectivity index (χ2n) is 7.00. The smallest absolute Gasteiger partial charge is 0.255 e. The van der Waals surface area contributed by atoms with Crippen LogP contribution in [0.25, 0.3) is 16.5 Å². The van der Waals surface area contributed by atoms with Gasteiger partial charge in [-0.3, -0.25) is 4.79 Å². The lowest BCUT2D eigenvalue weighted by Crippen LogP contribution is -2.49. The third-order valence-corrected chi connectivity index (χ3v) is 5.27. The molecule has 1 fully saturated rings. The van der Waals surface area contributed by atoms with Crippen molar-refractivity contribution in [2.24, 2.45) is 5.92 Å². The number of hydrogen-bond donors (Lipinski definition) is 1. The minimum absolute atomic E-state index is 0.0580. The fraction of sp³-hybridized carbons (Fsp3) is 0.190. The molecular formula is C21H17N5O2. The topological polar surface area (TPSA) is 86.6 Å². The summed E-state index contributed by atoms with van der Waals surface area (Å²) in [5, 5.41) is 17.8. The average Bonchev–Trinajstić information content (AvgIpc) is 3.27. The Bertz CT molecular complexity index is 1260. The van der Waals surface area contributed by atoms with Crippen molar-refractivity contribution >= 4 is 33.8 Å². The summed E-state index contributed by atoms with van der Waals surface area (Å²) in [4.78, 5) is 14.5. The number of carbonyl (C=O) groups excluding carboxylic acids is 1. The highest BCUT2D eigenvalue weighted by Gasteiger charge is 2.32. The van der Waals surface area contributed by atoms with E-state index in [0.29, 0.717) is 18.7 Å². The zero-order chi connectivity index (χ0) is 19.3. The van der Waals surface area contributed by atoms with Gasteiger partial charge in [0.2, 0.25) is 0 Å². The molecule has 0 unspecified atom stereocenters. The molecule has 1 aliphatic heterocycles. The van der Waals surface area contributed by atoms with Crippen molar-refractivity contribution in [1.82, 2.24) is 14.5 Å². The first-order chi connectivity index (χ1) is 13.7. The minimum Gasteiger partial charge on any atom is -0.464 e. The van der Waals surface area contributed by atoms with Crippen LogP contribution in [0.2, 0.25) is 0 Å². The lowest BCUT2D eigenvalue weighted by molar-refractivity contribution is 0.0576. The number of carbonyl (C=O) groups is 1. The Hall–Kier alpha value is -3.79. The maximum Gasteiger partial charge on any atom is 0.255 e. The first-order valence-electron chi connectivity index (χ1n) is 9.05. The lowest BCUT2D eigenvalue weighted by Gasteiger charge is -2.35. The van der Waals surface area contributed by atoms with Crippen LogP contribution in [0.5, 0.6) is 0 Å². The number of hydrogen-bond acceptors (Lipinski definition) is 5. The standard InChI is InChI=1S/C21H17N5O2/c1-13-16(21(27)25-10-14(9-22)11-25)12-26-20(13)18(5-7-23-26)24-17-3-2-4-19-15(17)6-8-28-19/h2-8,12,14,24H,10-11H2,1H3. The molecule has 1 aromatic carbocycles. The molecule has 0 saturated carbocycles. The van der Waals surface area contributed by atoms with Crippen LogP contribution in [-0.2, 0) is 0 Å². The molecule has 28 heavy (non-hydrogen) atoms. The summed E-state index contributed by atoms with van der Waals surface area (Å²) >= 11 is 0. The minimum atomic E-state index is -0.0629. The van der Waals surface area contributed by atoms with Crippen LogP contribution in [0.4, 0.5) is 11.4 Å². The zero-order valence-electron chi connectivity index (χ0n) is 15.2. The molecule has 1 aliphatic rings. The van der Waals surface area contributed by atoms with Crippen LogP contribution in [0.3, 0.4) is 0 Å². The number of amides is 1. The predicted molar refractivity (Wildman–Crippen MR) is 104 cm³/mol. The predicted octanol–water partition coefficient (Wildman–Crippen LogP) is 3.73. The maximum absolute atomic E-state index is 12.8. The lowest BCUT2D eigenvalue weighted by atomic mass is 10.0. The van der Waals surface area contributed by atoms with E-state index in [0.717, 1.165) is 33.4 Å². The summed E-state index contributed by atoms with van der Waals surface area (Å²) in [7, 11) is 0. The van der Waals surface area contributed by atoms with Crippen molar-refractivity contribution in [2.45, 2.75) is 6.92 Å². The van der Waals surface area contributed by atoms with E-state index in [4.69, 9.17) is 9.68 Å². The first-order valence-corrected chi connectivity index (χ1v) is 9.05. The Kier molecular flexibility index (Phi) is 3.59. The van der Waals surface area contributed by atoms with Crippen molar-refractivity contribution in [3.05, 3.63) is 60.1 Å². The van der Waals surface area contributed by atoms with Gasteiger partial charge in [0.15, 0.2) is 0 Å². The number of rotatable bonds is 3. The fourth-order valence-electron chi connectivity index (χ4n) is 3.72. The number of likely N-dealkylation sites (tertiary alicyclic amines) is 1. The van der Waals surface area contributed by atoms with Gasteiger partial charge in [0, 0.05) is 36.6 Å². The van der Waals surface area contributed by atoms with Gasteiger partial charge in [-0.2, -0.15) is 10.4 Å². The summed E-state index contributed by atoms with van der Waals surface area (Å²) in [6.07, 6.45) is 5.13. The molecule has 0 radical (unpaired) electrons. The van der Waals surface area contributed by atoms with E-state index in [1.807, 2.05) is 37.3 Å². The van der Waals surface area contributed by atoms with E-state index in [-0.39, 0.29) is 11.8 Å². The quantitative estimate of drug-likeness (QED) is 0.593. The Morgan fingerprint density at radius 2 is 2.14 bits per heavy atom. The normalized spacial score (nSPS) is 14.2. The van der Waals surface area contributed by atoms with Gasteiger partial charge >= 0.3 is 0 Å². The molecule has 0 spiro atoms. The number of furan rings is 1. The molecule has 0 bridgehead atoms. The molecule has 138 valence electrons. The highest BCUT2D eigenvalue weighted by atomic mass is 16.3. The van der Waals surface area contributed by atoms with Crippen molar-refractivity contribution in [1.29, 1.82) is 5.26 Å². The van der Waals surface area contributed by atoms with Gasteiger partial charge in [0.25, 0.3) is 5.91 Å². The van der Waals surface area contributed by atoms with Gasteiger partial charge in [0.1, 0.15) is 5.58 Å². The molecule has 1 saturated heterocycles. The number of fused-ring (bicyclic) bond motifs is 2. The zero-order valence-corrected chi connectivity index (χ0v) is 15.2. The molecule has 1 amide bonds. The van der Waals surface area contributed by atoms with Gasteiger partial charge in [-0.05, 0) is 36.8 Å². The van der Waals surface area contributed by atoms with Gasteiger partial charge in [-0.15, -0.1) is 0 Å². The number of benzene rings is 1. The van der Waals surface area contributed by atoms with Crippen LogP contribution in [0.1, 0.15) is 15.9 Å². The second-order valence-corrected chi connectivity index (χ2v) is 7.00. The van der Waals surface area contributed by atoms with E-state index in [9.17, 15) is 4.79 Å². The molecule has 4 heterocycles. The van der Waals surface area contributed by atoms with Crippen molar-refractivity contribution in [2.75, 3.05) is 18.4 Å². The summed E-state index contributed by atoms with van der Waals surface area (Å²) < 4.78 is 7.20. The summed E-state index contributed by atoms with van der Waals surface area (Å²) in [6.45, 7) is 2.90. The van der Waals surface area contributed by atoms with Crippen molar-refractivity contribution < 1.29 is 9.21 Å². The second kappa shape index (κ2) is 6.13. The van der Waals surface area contributed by atoms with E-state index >= 15 is 0 Å². The molecule has 0 atom stereocenters. The molecule has 7 heteroatoms. The van der Waals surface area contributed by atoms with E-state index in [1.54, 1.807) is 28.1 Å². The SMILES string of the molecule is Cc1c(C(=O)N2CC(C#N)C2)cn2nccc(Nc3cccc4occc34)c12. The number of nitrogens with zero attached hydrogens (tertiary/aromatic N) is 4. The van der Waals surface area contributed by atoms with Gasteiger partial charge in [-0.25, -0.2) is 4.52 Å². The highest BCUT2D eigenvalue weighted by molar-refractivity contribution is 6.01. The summed E-state index contributed by atoms with van der Waals surface area (Å²) in [6, 6.07) is 11.9. The molecule has 7 nitrogen and oxygen atoms in total. The number of aromatic nitrogens is 2. The first kappa shape index (κ1) is 16.4. The van der Waals surface area contributed by atoms with Crippen LogP contribution in [0.15, 0.2) is 53.4 Å². The number of aryl methyl sites for hydroxylation is 1. The van der Waals surface area contributed by atoms with Gasteiger partial charge < -0.3 is 14.6 Å². The number of nitrogens with one attached hydrogen (secondary N) is 1. The van der Waals surface area contributed by atoms with E-state index < -0.39 is 0 Å². The fourth-order valence-corrected chi connectivity index (χ4v) is 3.72. The van der Waals surface area contributed by atoms with Crippen molar-refractivity contribution in [3.8, 4) is 6.07 Å². The Morgan fingerprint density at radius 3 is 2.96 bits per heavy atom. The number of anilines is 2. The molecular weight excluding hydrogens is 354 g/mol. The van der Waals surface area contributed by atoms with Gasteiger partial charge in [-0.1, -0.05) is 6.07 Å². The Morgan fingerprint density at radius 1 is 1.29 bits per heavy atom.